The summed E-state index contributed by atoms with van der Waals surface area (Å²) in [6.07, 6.45) is 0. The molecule has 0 saturated heterocycles. The smallest absolute Gasteiger partial charge is 0.387 e. The Hall–Kier alpha value is 0.130. The van der Waals surface area contributed by atoms with Gasteiger partial charge in [-0.2, -0.15) is 8.78 Å². The Morgan fingerprint density at radius 3 is 2.50 bits per heavy atom. The van der Waals surface area contributed by atoms with Gasteiger partial charge in [0.15, 0.2) is 0 Å². The van der Waals surface area contributed by atoms with Gasteiger partial charge in [0.2, 0.25) is 0 Å². The van der Waals surface area contributed by atoms with Crippen LogP contribution in [0.2, 0.25) is 0 Å². The third-order valence-electron chi connectivity index (χ3n) is 1.48. The zero-order chi connectivity index (χ0) is 10.7. The summed E-state index contributed by atoms with van der Waals surface area (Å²) in [6, 6.07) is 3.33. The molecule has 0 aliphatic heterocycles. The Bertz CT molecular complexity index is 333. The van der Waals surface area contributed by atoms with Crippen molar-refractivity contribution in [2.24, 2.45) is 0 Å². The van der Waals surface area contributed by atoms with Crippen LogP contribution in [0.5, 0.6) is 5.75 Å². The van der Waals surface area contributed by atoms with Crippen molar-refractivity contribution in [3.63, 3.8) is 0 Å². The molecule has 0 N–H and O–H groups in total. The highest BCUT2D eigenvalue weighted by Gasteiger charge is 2.14. The minimum absolute atomic E-state index is 0.0735. The zero-order valence-electron chi connectivity index (χ0n) is 6.74. The van der Waals surface area contributed by atoms with Gasteiger partial charge < -0.3 is 4.74 Å². The first-order chi connectivity index (χ1) is 6.56. The van der Waals surface area contributed by atoms with Gasteiger partial charge in [-0.15, -0.1) is 11.6 Å². The van der Waals surface area contributed by atoms with E-state index in [1.165, 1.54) is 0 Å². The van der Waals surface area contributed by atoms with Gasteiger partial charge in [-0.1, -0.05) is 6.07 Å². The molecule has 1 nitrogen and oxygen atoms in total. The average molecular weight is 350 g/mol. The molecule has 0 radical (unpaired) electrons. The first-order valence-electron chi connectivity index (χ1n) is 3.54. The summed E-state index contributed by atoms with van der Waals surface area (Å²) in [5, 5.41) is 0. The third-order valence-corrected chi connectivity index (χ3v) is 3.75. The number of hydrogen-bond acceptors (Lipinski definition) is 1. The molecule has 0 fully saturated rings. The van der Waals surface area contributed by atoms with E-state index in [0.29, 0.717) is 14.5 Å². The molecule has 0 atom stereocenters. The summed E-state index contributed by atoms with van der Waals surface area (Å²) < 4.78 is 29.5. The molecule has 0 amide bonds. The largest absolute Gasteiger partial charge is 0.433 e. The molecule has 0 saturated carbocycles. The van der Waals surface area contributed by atoms with E-state index >= 15 is 0 Å². The summed E-state index contributed by atoms with van der Waals surface area (Å²) in [5.74, 6) is 0.192. The Labute approximate surface area is 102 Å². The second-order valence-electron chi connectivity index (χ2n) is 2.36. The molecule has 0 spiro atoms. The quantitative estimate of drug-likeness (QED) is 0.727. The average Bonchev–Trinajstić information content (AvgIpc) is 2.13. The van der Waals surface area contributed by atoms with E-state index in [1.807, 2.05) is 0 Å². The Morgan fingerprint density at radius 1 is 1.36 bits per heavy atom. The van der Waals surface area contributed by atoms with E-state index in [-0.39, 0.29) is 11.6 Å². The van der Waals surface area contributed by atoms with E-state index < -0.39 is 6.61 Å². The van der Waals surface area contributed by atoms with Gasteiger partial charge in [0.25, 0.3) is 0 Å². The summed E-state index contributed by atoms with van der Waals surface area (Å²) >= 11 is 11.9. The first-order valence-corrected chi connectivity index (χ1v) is 5.66. The normalized spacial score (nSPS) is 10.7. The van der Waals surface area contributed by atoms with E-state index in [4.69, 9.17) is 11.6 Å². The van der Waals surface area contributed by atoms with Crippen LogP contribution in [0.15, 0.2) is 21.1 Å². The lowest BCUT2D eigenvalue weighted by atomic mass is 10.2. The minimum Gasteiger partial charge on any atom is -0.433 e. The Morgan fingerprint density at radius 2 is 2.00 bits per heavy atom. The molecule has 6 heteroatoms. The van der Waals surface area contributed by atoms with Crippen LogP contribution in [0.3, 0.4) is 0 Å². The summed E-state index contributed by atoms with van der Waals surface area (Å²) in [6.45, 7) is -2.86. The molecule has 1 rings (SSSR count). The molecule has 1 aromatic rings. The second kappa shape index (κ2) is 5.28. The van der Waals surface area contributed by atoms with Crippen LogP contribution >= 0.6 is 43.5 Å². The molecular formula is C8H5Br2ClF2O. The SMILES string of the molecule is FC(F)Oc1c(CCl)ccc(Br)c1Br. The van der Waals surface area contributed by atoms with Crippen molar-refractivity contribution in [1.82, 2.24) is 0 Å². The zero-order valence-corrected chi connectivity index (χ0v) is 10.7. The van der Waals surface area contributed by atoms with Crippen molar-refractivity contribution in [1.29, 1.82) is 0 Å². The van der Waals surface area contributed by atoms with Gasteiger partial charge in [-0.3, -0.25) is 0 Å². The van der Waals surface area contributed by atoms with Gasteiger partial charge in [0.1, 0.15) is 5.75 Å². The van der Waals surface area contributed by atoms with Crippen molar-refractivity contribution in [3.8, 4) is 5.75 Å². The Balaban J connectivity index is 3.14. The van der Waals surface area contributed by atoms with Gasteiger partial charge in [-0.25, -0.2) is 0 Å². The van der Waals surface area contributed by atoms with Crippen molar-refractivity contribution >= 4 is 43.5 Å². The lowest BCUT2D eigenvalue weighted by Crippen LogP contribution is -2.04. The van der Waals surface area contributed by atoms with Crippen molar-refractivity contribution in [3.05, 3.63) is 26.6 Å². The molecule has 0 aromatic heterocycles. The highest BCUT2D eigenvalue weighted by atomic mass is 79.9. The van der Waals surface area contributed by atoms with E-state index in [9.17, 15) is 8.78 Å². The lowest BCUT2D eigenvalue weighted by molar-refractivity contribution is -0.0508. The van der Waals surface area contributed by atoms with Crippen LogP contribution in [0.25, 0.3) is 0 Å². The molecule has 14 heavy (non-hydrogen) atoms. The number of benzene rings is 1. The fourth-order valence-corrected chi connectivity index (χ4v) is 1.90. The maximum Gasteiger partial charge on any atom is 0.387 e. The summed E-state index contributed by atoms with van der Waals surface area (Å²) in [4.78, 5) is 0. The van der Waals surface area contributed by atoms with Crippen LogP contribution in [0, 0.1) is 0 Å². The van der Waals surface area contributed by atoms with Crippen molar-refractivity contribution in [2.75, 3.05) is 0 Å². The number of ether oxygens (including phenoxy) is 1. The van der Waals surface area contributed by atoms with Crippen LogP contribution in [0.1, 0.15) is 5.56 Å². The topological polar surface area (TPSA) is 9.23 Å². The number of rotatable bonds is 3. The number of hydrogen-bond donors (Lipinski definition) is 0. The van der Waals surface area contributed by atoms with Crippen LogP contribution in [0.4, 0.5) is 8.78 Å². The van der Waals surface area contributed by atoms with E-state index in [2.05, 4.69) is 36.6 Å². The predicted octanol–water partition coefficient (Wildman–Crippen LogP) is 4.55. The molecule has 1 aromatic carbocycles. The Kier molecular flexibility index (Phi) is 4.60. The van der Waals surface area contributed by atoms with Gasteiger partial charge in [0.05, 0.1) is 10.4 Å². The minimum atomic E-state index is -2.86. The van der Waals surface area contributed by atoms with Gasteiger partial charge in [-0.05, 0) is 37.9 Å². The van der Waals surface area contributed by atoms with Crippen molar-refractivity contribution < 1.29 is 13.5 Å². The molecule has 78 valence electrons. The van der Waals surface area contributed by atoms with Gasteiger partial charge in [0, 0.05) is 10.0 Å². The van der Waals surface area contributed by atoms with E-state index in [0.717, 1.165) is 0 Å². The number of alkyl halides is 3. The molecule has 0 aliphatic rings. The molecule has 0 heterocycles. The van der Waals surface area contributed by atoms with Gasteiger partial charge >= 0.3 is 6.61 Å². The fourth-order valence-electron chi connectivity index (χ4n) is 0.894. The standard InChI is InChI=1S/C8H5Br2ClF2O/c9-5-2-1-4(3-11)7(6(5)10)14-8(12)13/h1-2,8H,3H2. The summed E-state index contributed by atoms with van der Waals surface area (Å²) in [5.41, 5.74) is 0.516. The lowest BCUT2D eigenvalue weighted by Gasteiger charge is -2.11. The maximum atomic E-state index is 12.0. The third kappa shape index (κ3) is 2.81. The monoisotopic (exact) mass is 348 g/mol. The highest BCUT2D eigenvalue weighted by molar-refractivity contribution is 9.13. The fraction of sp³-hybridized carbons (Fsp3) is 0.250. The molecule has 0 bridgehead atoms. The second-order valence-corrected chi connectivity index (χ2v) is 4.28. The van der Waals surface area contributed by atoms with Crippen molar-refractivity contribution in [2.45, 2.75) is 12.5 Å². The molecule has 0 aliphatic carbocycles. The van der Waals surface area contributed by atoms with Crippen LogP contribution in [-0.4, -0.2) is 6.61 Å². The first kappa shape index (κ1) is 12.2. The molecule has 0 unspecified atom stereocenters. The number of halogens is 5. The predicted molar refractivity (Wildman–Crippen MR) is 58.0 cm³/mol. The van der Waals surface area contributed by atoms with E-state index in [1.54, 1.807) is 12.1 Å². The molecular weight excluding hydrogens is 345 g/mol. The highest BCUT2D eigenvalue weighted by Crippen LogP contribution is 2.37. The van der Waals surface area contributed by atoms with Crippen LogP contribution in [-0.2, 0) is 5.88 Å². The maximum absolute atomic E-state index is 12.0. The summed E-state index contributed by atoms with van der Waals surface area (Å²) in [7, 11) is 0. The van der Waals surface area contributed by atoms with Crippen LogP contribution < -0.4 is 4.74 Å².